The molecular formula is C15H25ClN2. The Labute approximate surface area is 116 Å². The number of rotatable bonds is 5. The molecule has 2 nitrogen and oxygen atoms in total. The number of halogens is 1. The molecule has 0 fully saturated rings. The summed E-state index contributed by atoms with van der Waals surface area (Å²) >= 11 is 6.00. The minimum absolute atomic E-state index is 0.0580. The Bertz CT molecular complexity index is 383. The molecule has 0 aromatic carbocycles. The van der Waals surface area contributed by atoms with Crippen molar-refractivity contribution >= 4 is 17.4 Å². The van der Waals surface area contributed by atoms with E-state index in [4.69, 9.17) is 16.6 Å². The van der Waals surface area contributed by atoms with Crippen molar-refractivity contribution in [3.63, 3.8) is 0 Å². The van der Waals surface area contributed by atoms with Gasteiger partial charge in [-0.05, 0) is 31.0 Å². The summed E-state index contributed by atoms with van der Waals surface area (Å²) in [4.78, 5) is 7.12. The molecule has 18 heavy (non-hydrogen) atoms. The van der Waals surface area contributed by atoms with Crippen molar-refractivity contribution in [3.05, 3.63) is 23.4 Å². The van der Waals surface area contributed by atoms with E-state index in [2.05, 4.69) is 51.7 Å². The van der Waals surface area contributed by atoms with Crippen LogP contribution in [0.25, 0.3) is 0 Å². The van der Waals surface area contributed by atoms with Crippen LogP contribution in [-0.4, -0.2) is 18.1 Å². The largest absolute Gasteiger partial charge is 0.357 e. The van der Waals surface area contributed by atoms with Crippen LogP contribution in [0.15, 0.2) is 12.1 Å². The first kappa shape index (κ1) is 15.3. The van der Waals surface area contributed by atoms with Crippen LogP contribution in [0.3, 0.4) is 0 Å². The molecule has 0 saturated carbocycles. The van der Waals surface area contributed by atoms with Gasteiger partial charge < -0.3 is 4.90 Å². The Morgan fingerprint density at radius 2 is 1.89 bits per heavy atom. The fraction of sp³-hybridized carbons (Fsp3) is 0.667. The fourth-order valence-electron chi connectivity index (χ4n) is 1.90. The quantitative estimate of drug-likeness (QED) is 0.738. The molecule has 1 aromatic heterocycles. The molecule has 0 spiro atoms. The summed E-state index contributed by atoms with van der Waals surface area (Å²) < 4.78 is 0. The van der Waals surface area contributed by atoms with Crippen molar-refractivity contribution in [1.29, 1.82) is 0 Å². The summed E-state index contributed by atoms with van der Waals surface area (Å²) in [7, 11) is 0. The number of alkyl halides is 1. The van der Waals surface area contributed by atoms with E-state index in [9.17, 15) is 0 Å². The second-order valence-corrected chi connectivity index (χ2v) is 5.95. The third-order valence-corrected chi connectivity index (χ3v) is 3.30. The Morgan fingerprint density at radius 3 is 2.33 bits per heavy atom. The number of anilines is 1. The second kappa shape index (κ2) is 6.42. The average molecular weight is 269 g/mol. The Morgan fingerprint density at radius 1 is 1.22 bits per heavy atom. The van der Waals surface area contributed by atoms with Crippen molar-refractivity contribution in [1.82, 2.24) is 4.98 Å². The van der Waals surface area contributed by atoms with Gasteiger partial charge in [-0.2, -0.15) is 0 Å². The van der Waals surface area contributed by atoms with Crippen LogP contribution in [0.2, 0.25) is 0 Å². The molecule has 0 unspecified atom stereocenters. The maximum Gasteiger partial charge on any atom is 0.129 e. The smallest absolute Gasteiger partial charge is 0.129 e. The first-order chi connectivity index (χ1) is 8.42. The predicted molar refractivity (Wildman–Crippen MR) is 80.7 cm³/mol. The van der Waals surface area contributed by atoms with Crippen molar-refractivity contribution in [2.24, 2.45) is 0 Å². The van der Waals surface area contributed by atoms with Crippen LogP contribution in [0.4, 0.5) is 5.82 Å². The highest BCUT2D eigenvalue weighted by Crippen LogP contribution is 2.25. The molecule has 0 atom stereocenters. The number of hydrogen-bond donors (Lipinski definition) is 0. The first-order valence-electron chi connectivity index (χ1n) is 6.74. The van der Waals surface area contributed by atoms with Gasteiger partial charge in [0.15, 0.2) is 0 Å². The molecule has 0 aliphatic heterocycles. The summed E-state index contributed by atoms with van der Waals surface area (Å²) in [6, 6.07) is 4.23. The van der Waals surface area contributed by atoms with Crippen molar-refractivity contribution in [3.8, 4) is 0 Å². The van der Waals surface area contributed by atoms with Crippen LogP contribution < -0.4 is 4.90 Å². The third kappa shape index (κ3) is 3.88. The summed E-state index contributed by atoms with van der Waals surface area (Å²) in [5, 5.41) is 0. The van der Waals surface area contributed by atoms with Gasteiger partial charge in [-0.3, -0.25) is 0 Å². The van der Waals surface area contributed by atoms with E-state index >= 15 is 0 Å². The highest BCUT2D eigenvalue weighted by Gasteiger charge is 2.18. The van der Waals surface area contributed by atoms with E-state index in [0.29, 0.717) is 5.88 Å². The molecule has 0 bridgehead atoms. The zero-order chi connectivity index (χ0) is 13.8. The zero-order valence-electron chi connectivity index (χ0n) is 12.3. The second-order valence-electron chi connectivity index (χ2n) is 5.68. The molecule has 1 aromatic rings. The molecular weight excluding hydrogens is 244 g/mol. The Hall–Kier alpha value is -0.760. The van der Waals surface area contributed by atoms with Gasteiger partial charge in [-0.25, -0.2) is 4.98 Å². The molecule has 1 rings (SSSR count). The standard InChI is InChI=1S/C15H25ClN2/c1-6-8-18(7-2)14-10-12(11-16)9-13(17-14)15(3,4)5/h9-10H,6-8,11H2,1-5H3. The third-order valence-electron chi connectivity index (χ3n) is 2.99. The van der Waals surface area contributed by atoms with Crippen LogP contribution in [0.5, 0.6) is 0 Å². The predicted octanol–water partition coefficient (Wildman–Crippen LogP) is 4.35. The molecule has 0 N–H and O–H groups in total. The first-order valence-corrected chi connectivity index (χ1v) is 7.28. The van der Waals surface area contributed by atoms with E-state index in [1.807, 2.05) is 0 Å². The molecule has 0 saturated heterocycles. The highest BCUT2D eigenvalue weighted by molar-refractivity contribution is 6.17. The van der Waals surface area contributed by atoms with Crippen LogP contribution in [-0.2, 0) is 11.3 Å². The topological polar surface area (TPSA) is 16.1 Å². The molecule has 0 radical (unpaired) electrons. The zero-order valence-corrected chi connectivity index (χ0v) is 13.0. The van der Waals surface area contributed by atoms with E-state index in [1.165, 1.54) is 0 Å². The van der Waals surface area contributed by atoms with E-state index in [1.54, 1.807) is 0 Å². The van der Waals surface area contributed by atoms with Gasteiger partial charge in [-0.15, -0.1) is 11.6 Å². The van der Waals surface area contributed by atoms with Gasteiger partial charge in [0.2, 0.25) is 0 Å². The maximum atomic E-state index is 6.00. The number of nitrogens with zero attached hydrogens (tertiary/aromatic N) is 2. The maximum absolute atomic E-state index is 6.00. The molecule has 0 amide bonds. The molecule has 1 heterocycles. The minimum atomic E-state index is 0.0580. The number of aromatic nitrogens is 1. The monoisotopic (exact) mass is 268 g/mol. The lowest BCUT2D eigenvalue weighted by molar-refractivity contribution is 0.566. The minimum Gasteiger partial charge on any atom is -0.357 e. The van der Waals surface area contributed by atoms with Crippen molar-refractivity contribution in [2.75, 3.05) is 18.0 Å². The van der Waals surface area contributed by atoms with E-state index < -0.39 is 0 Å². The summed E-state index contributed by atoms with van der Waals surface area (Å²) in [5.74, 6) is 1.60. The van der Waals surface area contributed by atoms with Gasteiger partial charge in [0, 0.05) is 30.1 Å². The summed E-state index contributed by atoms with van der Waals surface area (Å²) in [5.41, 5.74) is 2.33. The summed E-state index contributed by atoms with van der Waals surface area (Å²) in [6.45, 7) is 12.9. The van der Waals surface area contributed by atoms with Crippen molar-refractivity contribution < 1.29 is 0 Å². The van der Waals surface area contributed by atoms with Crippen LogP contribution in [0, 0.1) is 0 Å². The number of hydrogen-bond acceptors (Lipinski definition) is 2. The lowest BCUT2D eigenvalue weighted by atomic mass is 9.91. The van der Waals surface area contributed by atoms with Crippen LogP contribution in [0.1, 0.15) is 52.3 Å². The highest BCUT2D eigenvalue weighted by atomic mass is 35.5. The normalized spacial score (nSPS) is 11.7. The molecule has 102 valence electrons. The number of pyridine rings is 1. The van der Waals surface area contributed by atoms with Gasteiger partial charge in [0.1, 0.15) is 5.82 Å². The molecule has 0 aliphatic carbocycles. The van der Waals surface area contributed by atoms with Gasteiger partial charge in [0.05, 0.1) is 0 Å². The van der Waals surface area contributed by atoms with Crippen LogP contribution >= 0.6 is 11.6 Å². The lowest BCUT2D eigenvalue weighted by Crippen LogP contribution is -2.26. The SMILES string of the molecule is CCCN(CC)c1cc(CCl)cc(C(C)(C)C)n1. The van der Waals surface area contributed by atoms with Gasteiger partial charge in [-0.1, -0.05) is 27.7 Å². The average Bonchev–Trinajstić information content (AvgIpc) is 2.34. The summed E-state index contributed by atoms with van der Waals surface area (Å²) in [6.07, 6.45) is 1.13. The van der Waals surface area contributed by atoms with Gasteiger partial charge in [0.25, 0.3) is 0 Å². The lowest BCUT2D eigenvalue weighted by Gasteiger charge is -2.25. The fourth-order valence-corrected chi connectivity index (χ4v) is 2.05. The van der Waals surface area contributed by atoms with Gasteiger partial charge >= 0.3 is 0 Å². The Balaban J connectivity index is 3.18. The molecule has 3 heteroatoms. The van der Waals surface area contributed by atoms with E-state index in [-0.39, 0.29) is 5.41 Å². The molecule has 0 aliphatic rings. The van der Waals surface area contributed by atoms with E-state index in [0.717, 1.165) is 36.6 Å². The Kier molecular flexibility index (Phi) is 5.46. The van der Waals surface area contributed by atoms with Crippen molar-refractivity contribution in [2.45, 2.75) is 52.3 Å².